The summed E-state index contributed by atoms with van der Waals surface area (Å²) in [5.41, 5.74) is 0.604. The third-order valence-corrected chi connectivity index (χ3v) is 5.28. The number of aryl methyl sites for hydroxylation is 1. The van der Waals surface area contributed by atoms with Crippen LogP contribution in [0.5, 0.6) is 0 Å². The molecule has 2 aromatic rings. The van der Waals surface area contributed by atoms with Crippen molar-refractivity contribution in [2.75, 3.05) is 6.54 Å². The number of aromatic nitrogens is 3. The number of fused-ring (bicyclic) bond motifs is 1. The molecule has 138 valence electrons. The molecule has 1 aliphatic heterocycles. The van der Waals surface area contributed by atoms with E-state index in [0.717, 1.165) is 37.6 Å². The van der Waals surface area contributed by atoms with Crippen molar-refractivity contribution < 1.29 is 4.39 Å². The highest BCUT2D eigenvalue weighted by molar-refractivity contribution is 6.31. The summed E-state index contributed by atoms with van der Waals surface area (Å²) in [5.74, 6) is 1.64. The molecule has 4 rings (SSSR count). The molecule has 3 unspecified atom stereocenters. The van der Waals surface area contributed by atoms with E-state index in [2.05, 4.69) is 25.7 Å². The van der Waals surface area contributed by atoms with E-state index >= 15 is 0 Å². The topological polar surface area (TPSA) is 67.1 Å². The van der Waals surface area contributed by atoms with Gasteiger partial charge in [-0.2, -0.15) is 5.10 Å². The number of nitrogens with zero attached hydrogens (tertiary/aromatic N) is 4. The van der Waals surface area contributed by atoms with Gasteiger partial charge in [-0.25, -0.2) is 14.1 Å². The van der Waals surface area contributed by atoms with Gasteiger partial charge in [0.2, 0.25) is 0 Å². The Kier molecular flexibility index (Phi) is 4.80. The monoisotopic (exact) mass is 376 g/mol. The van der Waals surface area contributed by atoms with Crippen LogP contribution in [0.1, 0.15) is 37.1 Å². The zero-order valence-corrected chi connectivity index (χ0v) is 15.4. The fraction of sp³-hybridized carbons (Fsp3) is 0.500. The summed E-state index contributed by atoms with van der Waals surface area (Å²) in [7, 11) is 0. The number of guanidine groups is 1. The summed E-state index contributed by atoms with van der Waals surface area (Å²) in [6, 6.07) is 5.24. The largest absolute Gasteiger partial charge is 0.353 e. The van der Waals surface area contributed by atoms with E-state index < -0.39 is 0 Å². The Morgan fingerprint density at radius 2 is 2.31 bits per heavy atom. The number of hydrogen-bond donors (Lipinski definition) is 2. The minimum absolute atomic E-state index is 0.0841. The van der Waals surface area contributed by atoms with Gasteiger partial charge in [-0.15, -0.1) is 0 Å². The minimum atomic E-state index is -0.236. The molecule has 1 saturated carbocycles. The van der Waals surface area contributed by atoms with Crippen LogP contribution in [-0.2, 0) is 13.0 Å². The second kappa shape index (κ2) is 7.23. The van der Waals surface area contributed by atoms with E-state index in [1.165, 1.54) is 6.07 Å². The first-order valence-corrected chi connectivity index (χ1v) is 9.41. The second-order valence-corrected chi connectivity index (χ2v) is 7.20. The van der Waals surface area contributed by atoms with E-state index in [1.54, 1.807) is 18.5 Å². The van der Waals surface area contributed by atoms with Gasteiger partial charge in [-0.3, -0.25) is 4.99 Å². The Labute approximate surface area is 156 Å². The van der Waals surface area contributed by atoms with Gasteiger partial charge < -0.3 is 10.6 Å². The molecule has 26 heavy (non-hydrogen) atoms. The molecule has 1 aromatic heterocycles. The zero-order chi connectivity index (χ0) is 18.1. The van der Waals surface area contributed by atoms with Gasteiger partial charge in [-0.1, -0.05) is 17.7 Å². The first kappa shape index (κ1) is 17.3. The van der Waals surface area contributed by atoms with Gasteiger partial charge in [-0.05, 0) is 31.9 Å². The highest BCUT2D eigenvalue weighted by Crippen LogP contribution is 2.44. The van der Waals surface area contributed by atoms with Crippen LogP contribution in [0, 0.1) is 5.82 Å². The predicted molar refractivity (Wildman–Crippen MR) is 98.9 cm³/mol. The number of hydrogen-bond acceptors (Lipinski definition) is 3. The van der Waals surface area contributed by atoms with Gasteiger partial charge in [0.25, 0.3) is 0 Å². The SMILES string of the molecule is CCN=C(NC1CCc2ncnn2C1)NC1CC1c1c(F)cccc1Cl. The lowest BCUT2D eigenvalue weighted by molar-refractivity contribution is 0.392. The molecular weight excluding hydrogens is 355 g/mol. The third-order valence-electron chi connectivity index (χ3n) is 4.95. The maximum atomic E-state index is 14.1. The van der Waals surface area contributed by atoms with E-state index in [1.807, 2.05) is 11.6 Å². The van der Waals surface area contributed by atoms with Gasteiger partial charge in [0.15, 0.2) is 5.96 Å². The summed E-state index contributed by atoms with van der Waals surface area (Å²) < 4.78 is 16.0. The number of rotatable bonds is 4. The van der Waals surface area contributed by atoms with Crippen LogP contribution in [-0.4, -0.2) is 39.4 Å². The molecular formula is C18H22ClFN6. The smallest absolute Gasteiger partial charge is 0.191 e. The first-order valence-electron chi connectivity index (χ1n) is 9.03. The van der Waals surface area contributed by atoms with Crippen LogP contribution in [0.4, 0.5) is 4.39 Å². The summed E-state index contributed by atoms with van der Waals surface area (Å²) in [6.45, 7) is 3.44. The lowest BCUT2D eigenvalue weighted by Gasteiger charge is -2.25. The molecule has 0 saturated heterocycles. The fourth-order valence-electron chi connectivity index (χ4n) is 3.55. The summed E-state index contributed by atoms with van der Waals surface area (Å²) in [4.78, 5) is 8.79. The number of aliphatic imine (C=N–C) groups is 1. The number of benzene rings is 1. The molecule has 2 heterocycles. The summed E-state index contributed by atoms with van der Waals surface area (Å²) in [6.07, 6.45) is 4.33. The highest BCUT2D eigenvalue weighted by Gasteiger charge is 2.42. The van der Waals surface area contributed by atoms with Gasteiger partial charge in [0, 0.05) is 41.6 Å². The van der Waals surface area contributed by atoms with Crippen molar-refractivity contribution in [1.29, 1.82) is 0 Å². The van der Waals surface area contributed by atoms with E-state index in [0.29, 0.717) is 17.1 Å². The van der Waals surface area contributed by atoms with E-state index in [4.69, 9.17) is 11.6 Å². The average Bonchev–Trinajstić information content (AvgIpc) is 3.18. The normalized spacial score (nSPS) is 24.9. The van der Waals surface area contributed by atoms with Crippen LogP contribution >= 0.6 is 11.6 Å². The van der Waals surface area contributed by atoms with Crippen LogP contribution < -0.4 is 10.6 Å². The molecule has 0 radical (unpaired) electrons. The predicted octanol–water partition coefficient (Wildman–Crippen LogP) is 2.50. The lowest BCUT2D eigenvalue weighted by Crippen LogP contribution is -2.48. The van der Waals surface area contributed by atoms with E-state index in [-0.39, 0.29) is 23.8 Å². The lowest BCUT2D eigenvalue weighted by atomic mass is 10.1. The van der Waals surface area contributed by atoms with Crippen LogP contribution in [0.2, 0.25) is 5.02 Å². The Morgan fingerprint density at radius 3 is 3.12 bits per heavy atom. The van der Waals surface area contributed by atoms with Crippen molar-refractivity contribution in [1.82, 2.24) is 25.4 Å². The molecule has 0 amide bonds. The molecule has 0 bridgehead atoms. The van der Waals surface area contributed by atoms with Gasteiger partial charge in [0.1, 0.15) is 18.0 Å². The van der Waals surface area contributed by atoms with Gasteiger partial charge >= 0.3 is 0 Å². The molecule has 1 aromatic carbocycles. The molecule has 0 spiro atoms. The molecule has 3 atom stereocenters. The first-order chi connectivity index (χ1) is 12.7. The molecule has 2 N–H and O–H groups in total. The zero-order valence-electron chi connectivity index (χ0n) is 14.6. The molecule has 2 aliphatic rings. The van der Waals surface area contributed by atoms with Gasteiger partial charge in [0.05, 0.1) is 6.54 Å². The van der Waals surface area contributed by atoms with Crippen LogP contribution in [0.25, 0.3) is 0 Å². The maximum Gasteiger partial charge on any atom is 0.191 e. The number of halogens is 2. The van der Waals surface area contributed by atoms with Crippen molar-refractivity contribution in [3.63, 3.8) is 0 Å². The second-order valence-electron chi connectivity index (χ2n) is 6.79. The minimum Gasteiger partial charge on any atom is -0.353 e. The average molecular weight is 377 g/mol. The fourth-order valence-corrected chi connectivity index (χ4v) is 3.86. The standard InChI is InChI=1S/C18H22ClFN6/c1-2-21-18(24-11-6-7-16-22-10-23-26(16)9-11)25-15-8-12(15)17-13(19)4-3-5-14(17)20/h3-5,10-12,15H,2,6-9H2,1H3,(H2,21,24,25). The Morgan fingerprint density at radius 1 is 1.42 bits per heavy atom. The molecule has 1 aliphatic carbocycles. The summed E-state index contributed by atoms with van der Waals surface area (Å²) in [5, 5.41) is 11.7. The maximum absolute atomic E-state index is 14.1. The van der Waals surface area contributed by atoms with Crippen molar-refractivity contribution >= 4 is 17.6 Å². The summed E-state index contributed by atoms with van der Waals surface area (Å²) >= 11 is 6.19. The Hall–Kier alpha value is -2.15. The van der Waals surface area contributed by atoms with Crippen molar-refractivity contribution in [3.8, 4) is 0 Å². The van der Waals surface area contributed by atoms with E-state index in [9.17, 15) is 4.39 Å². The Bertz CT molecular complexity index is 800. The Balaban J connectivity index is 1.39. The van der Waals surface area contributed by atoms with Crippen molar-refractivity contribution in [3.05, 3.63) is 46.8 Å². The number of nitrogens with one attached hydrogen (secondary N) is 2. The molecule has 8 heteroatoms. The van der Waals surface area contributed by atoms with Crippen LogP contribution in [0.15, 0.2) is 29.5 Å². The molecule has 6 nitrogen and oxygen atoms in total. The third kappa shape index (κ3) is 3.53. The highest BCUT2D eigenvalue weighted by atomic mass is 35.5. The quantitative estimate of drug-likeness (QED) is 0.635. The van der Waals surface area contributed by atoms with Crippen molar-refractivity contribution in [2.24, 2.45) is 4.99 Å². The molecule has 1 fully saturated rings. The van der Waals surface area contributed by atoms with Crippen LogP contribution in [0.3, 0.4) is 0 Å². The van der Waals surface area contributed by atoms with Crippen molar-refractivity contribution in [2.45, 2.75) is 50.7 Å².